The van der Waals surface area contributed by atoms with Gasteiger partial charge < -0.3 is 4.74 Å². The number of halogens is 1. The number of hydrogen-bond donors (Lipinski definition) is 0. The van der Waals surface area contributed by atoms with Crippen LogP contribution in [0.2, 0.25) is 0 Å². The monoisotopic (exact) mass is 264 g/mol. The van der Waals surface area contributed by atoms with Gasteiger partial charge >= 0.3 is 0 Å². The van der Waals surface area contributed by atoms with Crippen LogP contribution in [0.25, 0.3) is 0 Å². The van der Waals surface area contributed by atoms with Crippen molar-refractivity contribution in [1.29, 1.82) is 0 Å². The lowest BCUT2D eigenvalue weighted by Gasteiger charge is -2.15. The van der Waals surface area contributed by atoms with E-state index in [9.17, 15) is 0 Å². The highest BCUT2D eigenvalue weighted by Crippen LogP contribution is 2.23. The Bertz CT molecular complexity index is 348. The molecule has 0 aliphatic heterocycles. The number of hydrogen-bond acceptors (Lipinski definition) is 1. The first-order chi connectivity index (χ1) is 7.27. The Labute approximate surface area is 99.3 Å². The van der Waals surface area contributed by atoms with Crippen LogP contribution in [0.15, 0.2) is 41.4 Å². The summed E-state index contributed by atoms with van der Waals surface area (Å²) in [6.07, 6.45) is 7.78. The fraction of sp³-hybridized carbons (Fsp3) is 0.231. The van der Waals surface area contributed by atoms with Crippen molar-refractivity contribution in [3.8, 4) is 12.3 Å². The molecule has 0 fully saturated rings. The fourth-order valence-corrected chi connectivity index (χ4v) is 1.54. The predicted molar refractivity (Wildman–Crippen MR) is 66.5 cm³/mol. The van der Waals surface area contributed by atoms with Gasteiger partial charge in [0.15, 0.2) is 0 Å². The third-order valence-electron chi connectivity index (χ3n) is 1.99. The van der Waals surface area contributed by atoms with Crippen LogP contribution < -0.4 is 0 Å². The average Bonchev–Trinajstić information content (AvgIpc) is 2.25. The van der Waals surface area contributed by atoms with E-state index in [4.69, 9.17) is 11.2 Å². The maximum absolute atomic E-state index is 5.53. The summed E-state index contributed by atoms with van der Waals surface area (Å²) >= 11 is 3.39. The van der Waals surface area contributed by atoms with Crippen LogP contribution in [0.5, 0.6) is 0 Å². The maximum Gasteiger partial charge on any atom is 0.108 e. The molecule has 1 atom stereocenters. The summed E-state index contributed by atoms with van der Waals surface area (Å²) in [5, 5.41) is 0. The van der Waals surface area contributed by atoms with Crippen LogP contribution >= 0.6 is 15.9 Å². The summed E-state index contributed by atoms with van der Waals surface area (Å²) in [5.74, 6) is 2.47. The minimum Gasteiger partial charge on any atom is -0.361 e. The molecule has 0 amide bonds. The molecule has 1 unspecified atom stereocenters. The summed E-state index contributed by atoms with van der Waals surface area (Å²) in [5.41, 5.74) is 1.12. The Morgan fingerprint density at radius 3 is 2.67 bits per heavy atom. The van der Waals surface area contributed by atoms with Gasteiger partial charge in [0.05, 0.1) is 6.10 Å². The molecule has 0 saturated carbocycles. The van der Waals surface area contributed by atoms with Gasteiger partial charge in [0, 0.05) is 4.47 Å². The summed E-state index contributed by atoms with van der Waals surface area (Å²) < 4.78 is 6.59. The summed E-state index contributed by atoms with van der Waals surface area (Å²) in [7, 11) is 0. The van der Waals surface area contributed by atoms with E-state index in [1.165, 1.54) is 0 Å². The number of rotatable bonds is 5. The van der Waals surface area contributed by atoms with Crippen LogP contribution in [-0.2, 0) is 4.74 Å². The molecular weight excluding hydrogens is 252 g/mol. The van der Waals surface area contributed by atoms with Gasteiger partial charge in [0.2, 0.25) is 0 Å². The Morgan fingerprint density at radius 1 is 1.47 bits per heavy atom. The average molecular weight is 265 g/mol. The first kappa shape index (κ1) is 12.0. The third-order valence-corrected chi connectivity index (χ3v) is 2.52. The molecular formula is C13H13BrO. The molecule has 0 N–H and O–H groups in total. The topological polar surface area (TPSA) is 9.23 Å². The molecule has 1 aromatic carbocycles. The smallest absolute Gasteiger partial charge is 0.108 e. The van der Waals surface area contributed by atoms with Crippen LogP contribution in [0.1, 0.15) is 18.1 Å². The van der Waals surface area contributed by atoms with E-state index >= 15 is 0 Å². The zero-order chi connectivity index (χ0) is 11.1. The first-order valence-electron chi connectivity index (χ1n) is 4.69. The summed E-state index contributed by atoms with van der Waals surface area (Å²) in [4.78, 5) is 0. The molecule has 15 heavy (non-hydrogen) atoms. The second-order valence-electron chi connectivity index (χ2n) is 3.08. The van der Waals surface area contributed by atoms with Crippen molar-refractivity contribution < 1.29 is 4.74 Å². The van der Waals surface area contributed by atoms with Crippen LogP contribution in [0, 0.1) is 12.3 Å². The molecule has 1 nitrogen and oxygen atoms in total. The van der Waals surface area contributed by atoms with E-state index in [1.807, 2.05) is 30.3 Å². The standard InChI is InChI=1S/C13H13BrO/c1-3-5-13(15-10-4-2)11-6-8-12(14)9-7-11/h2-3,6-9,13H,1,5,10H2. The molecule has 0 aromatic heterocycles. The zero-order valence-electron chi connectivity index (χ0n) is 8.45. The largest absolute Gasteiger partial charge is 0.361 e. The quantitative estimate of drug-likeness (QED) is 0.582. The van der Waals surface area contributed by atoms with Gasteiger partial charge in [0.1, 0.15) is 6.61 Å². The van der Waals surface area contributed by atoms with Crippen molar-refractivity contribution in [3.63, 3.8) is 0 Å². The van der Waals surface area contributed by atoms with Gasteiger partial charge in [-0.15, -0.1) is 13.0 Å². The van der Waals surface area contributed by atoms with E-state index in [0.717, 1.165) is 16.5 Å². The highest BCUT2D eigenvalue weighted by molar-refractivity contribution is 9.10. The lowest BCUT2D eigenvalue weighted by molar-refractivity contribution is 0.0803. The first-order valence-corrected chi connectivity index (χ1v) is 5.48. The van der Waals surface area contributed by atoms with Crippen molar-refractivity contribution >= 4 is 15.9 Å². The van der Waals surface area contributed by atoms with Gasteiger partial charge in [-0.05, 0) is 24.1 Å². The van der Waals surface area contributed by atoms with E-state index in [0.29, 0.717) is 6.61 Å². The Hall–Kier alpha value is -1.04. The zero-order valence-corrected chi connectivity index (χ0v) is 10.0. The minimum atomic E-state index is 0.00616. The lowest BCUT2D eigenvalue weighted by Crippen LogP contribution is -2.03. The molecule has 0 bridgehead atoms. The molecule has 1 aromatic rings. The van der Waals surface area contributed by atoms with Gasteiger partial charge in [0.25, 0.3) is 0 Å². The fourth-order valence-electron chi connectivity index (χ4n) is 1.28. The van der Waals surface area contributed by atoms with Gasteiger partial charge in [-0.2, -0.15) is 0 Å². The number of ether oxygens (including phenoxy) is 1. The Morgan fingerprint density at radius 2 is 2.13 bits per heavy atom. The molecule has 0 radical (unpaired) electrons. The van der Waals surface area contributed by atoms with E-state index in [-0.39, 0.29) is 6.10 Å². The van der Waals surface area contributed by atoms with Crippen molar-refractivity contribution in [2.24, 2.45) is 0 Å². The Kier molecular flexibility index (Phi) is 5.17. The van der Waals surface area contributed by atoms with Crippen molar-refractivity contribution in [2.75, 3.05) is 6.61 Å². The molecule has 78 valence electrons. The van der Waals surface area contributed by atoms with Crippen molar-refractivity contribution in [3.05, 3.63) is 47.0 Å². The molecule has 2 heteroatoms. The molecule has 1 rings (SSSR count). The van der Waals surface area contributed by atoms with Gasteiger partial charge in [-0.1, -0.05) is 40.1 Å². The minimum absolute atomic E-state index is 0.00616. The number of benzene rings is 1. The van der Waals surface area contributed by atoms with Crippen LogP contribution in [0.3, 0.4) is 0 Å². The predicted octanol–water partition coefficient (Wildman–Crippen LogP) is 3.72. The summed E-state index contributed by atoms with van der Waals surface area (Å²) in [6, 6.07) is 8.03. The third kappa shape index (κ3) is 3.91. The van der Waals surface area contributed by atoms with E-state index in [1.54, 1.807) is 0 Å². The van der Waals surface area contributed by atoms with Crippen LogP contribution in [0.4, 0.5) is 0 Å². The summed E-state index contributed by atoms with van der Waals surface area (Å²) in [6.45, 7) is 4.04. The SMILES string of the molecule is C#CCOC(CC=C)c1ccc(Br)cc1. The highest BCUT2D eigenvalue weighted by Gasteiger charge is 2.09. The highest BCUT2D eigenvalue weighted by atomic mass is 79.9. The maximum atomic E-state index is 5.53. The lowest BCUT2D eigenvalue weighted by atomic mass is 10.1. The van der Waals surface area contributed by atoms with Crippen molar-refractivity contribution in [2.45, 2.75) is 12.5 Å². The molecule has 0 aliphatic rings. The van der Waals surface area contributed by atoms with Gasteiger partial charge in [-0.25, -0.2) is 0 Å². The van der Waals surface area contributed by atoms with Crippen LogP contribution in [-0.4, -0.2) is 6.61 Å². The van der Waals surface area contributed by atoms with Gasteiger partial charge in [-0.3, -0.25) is 0 Å². The molecule has 0 spiro atoms. The van der Waals surface area contributed by atoms with E-state index < -0.39 is 0 Å². The molecule has 0 heterocycles. The number of terminal acetylenes is 1. The normalized spacial score (nSPS) is 11.7. The van der Waals surface area contributed by atoms with Crippen molar-refractivity contribution in [1.82, 2.24) is 0 Å². The Balaban J connectivity index is 2.74. The molecule has 0 saturated heterocycles. The molecule has 0 aliphatic carbocycles. The second kappa shape index (κ2) is 6.44. The second-order valence-corrected chi connectivity index (χ2v) is 4.00. The van der Waals surface area contributed by atoms with E-state index in [2.05, 4.69) is 28.4 Å².